The maximum Gasteiger partial charge on any atom is 0.165 e. The number of benzene rings is 1. The first kappa shape index (κ1) is 22.5. The Hall–Kier alpha value is -1.30. The van der Waals surface area contributed by atoms with E-state index in [1.807, 2.05) is 6.92 Å². The molecule has 0 amide bonds. The van der Waals surface area contributed by atoms with Crippen molar-refractivity contribution in [1.82, 2.24) is 5.32 Å². The van der Waals surface area contributed by atoms with E-state index in [9.17, 15) is 10.2 Å². The number of piperidine rings is 1. The van der Waals surface area contributed by atoms with Crippen LogP contribution in [0.1, 0.15) is 77.8 Å². The highest BCUT2D eigenvalue weighted by Crippen LogP contribution is 2.71. The number of aromatic hydroxyl groups is 1. The maximum absolute atomic E-state index is 12.1. The number of aliphatic hydroxyl groups is 1. The number of rotatable bonds is 6. The molecule has 0 aromatic heterocycles. The van der Waals surface area contributed by atoms with Crippen LogP contribution in [0.2, 0.25) is 0 Å². The van der Waals surface area contributed by atoms with Gasteiger partial charge in [0.05, 0.1) is 5.60 Å². The highest BCUT2D eigenvalue weighted by atomic mass is 16.5. The summed E-state index contributed by atoms with van der Waals surface area (Å²) in [5.74, 6) is 0.847. The van der Waals surface area contributed by atoms with Gasteiger partial charge in [0.25, 0.3) is 0 Å². The summed E-state index contributed by atoms with van der Waals surface area (Å²) in [5, 5.41) is 26.9. The predicted molar refractivity (Wildman–Crippen MR) is 125 cm³/mol. The van der Waals surface area contributed by atoms with Crippen LogP contribution in [0.15, 0.2) is 12.1 Å². The molecular weight excluding hydrogens is 402 g/mol. The lowest BCUT2D eigenvalue weighted by Crippen LogP contribution is -2.76. The number of hydrogen-bond acceptors (Lipinski definition) is 5. The molecule has 2 aliphatic heterocycles. The Labute approximate surface area is 192 Å². The normalized spacial score (nSPS) is 39.2. The van der Waals surface area contributed by atoms with E-state index >= 15 is 0 Å². The topological polar surface area (TPSA) is 71.0 Å². The maximum atomic E-state index is 12.1. The summed E-state index contributed by atoms with van der Waals surface area (Å²) in [7, 11) is 1.77. The van der Waals surface area contributed by atoms with Crippen molar-refractivity contribution in [3.05, 3.63) is 23.3 Å². The van der Waals surface area contributed by atoms with Gasteiger partial charge in [-0.05, 0) is 68.0 Å². The van der Waals surface area contributed by atoms with Crippen molar-refractivity contribution in [2.75, 3.05) is 13.7 Å². The minimum absolute atomic E-state index is 0.0375. The SMILES string of the molecule is CCC[C@]12C[C@H]([C@](C)(O)C(C)(C)CC)[C@@H](OC)[C@@H]3Oc4c(O)ccc5c4[C@@]31CCN[C@@H]2C5. The molecule has 1 spiro atoms. The Morgan fingerprint density at radius 1 is 1.25 bits per heavy atom. The van der Waals surface area contributed by atoms with Gasteiger partial charge in [0.2, 0.25) is 0 Å². The number of hydrogen-bond donors (Lipinski definition) is 3. The molecular formula is C27H41NO4. The summed E-state index contributed by atoms with van der Waals surface area (Å²) in [6.07, 6.45) is 5.43. The first-order valence-corrected chi connectivity index (χ1v) is 12.6. The number of ether oxygens (including phenoxy) is 2. The molecule has 178 valence electrons. The van der Waals surface area contributed by atoms with E-state index in [4.69, 9.17) is 9.47 Å². The van der Waals surface area contributed by atoms with Crippen LogP contribution in [0.3, 0.4) is 0 Å². The van der Waals surface area contributed by atoms with E-state index in [-0.39, 0.29) is 40.1 Å². The van der Waals surface area contributed by atoms with Crippen molar-refractivity contribution < 1.29 is 19.7 Å². The van der Waals surface area contributed by atoms with E-state index in [2.05, 4.69) is 39.1 Å². The molecule has 7 atom stereocenters. The van der Waals surface area contributed by atoms with Crippen LogP contribution in [0.4, 0.5) is 0 Å². The van der Waals surface area contributed by atoms with Gasteiger partial charge >= 0.3 is 0 Å². The molecule has 0 radical (unpaired) electrons. The van der Waals surface area contributed by atoms with Gasteiger partial charge in [-0.1, -0.05) is 40.2 Å². The van der Waals surface area contributed by atoms with Gasteiger partial charge < -0.3 is 25.0 Å². The van der Waals surface area contributed by atoms with Crippen LogP contribution in [0.5, 0.6) is 11.5 Å². The third-order valence-corrected chi connectivity index (χ3v) is 10.5. The zero-order valence-electron chi connectivity index (χ0n) is 20.6. The third kappa shape index (κ3) is 2.46. The van der Waals surface area contributed by atoms with Crippen LogP contribution in [0.25, 0.3) is 0 Å². The van der Waals surface area contributed by atoms with Gasteiger partial charge in [-0.2, -0.15) is 0 Å². The lowest BCUT2D eigenvalue weighted by atomic mass is 9.39. The van der Waals surface area contributed by atoms with Crippen molar-refractivity contribution in [3.63, 3.8) is 0 Å². The Morgan fingerprint density at radius 3 is 2.66 bits per heavy atom. The van der Waals surface area contributed by atoms with Crippen molar-refractivity contribution in [2.45, 2.75) is 102 Å². The molecule has 0 unspecified atom stereocenters. The van der Waals surface area contributed by atoms with Gasteiger partial charge in [-0.15, -0.1) is 0 Å². The first-order chi connectivity index (χ1) is 15.1. The van der Waals surface area contributed by atoms with Crippen molar-refractivity contribution in [2.24, 2.45) is 16.7 Å². The first-order valence-electron chi connectivity index (χ1n) is 12.6. The van der Waals surface area contributed by atoms with E-state index in [1.165, 1.54) is 11.1 Å². The minimum Gasteiger partial charge on any atom is -0.504 e. The van der Waals surface area contributed by atoms with Crippen molar-refractivity contribution in [3.8, 4) is 11.5 Å². The second kappa shape index (κ2) is 7.10. The molecule has 2 heterocycles. The van der Waals surface area contributed by atoms with Crippen LogP contribution < -0.4 is 10.1 Å². The number of phenolic OH excluding ortho intramolecular Hbond substituents is 1. The smallest absolute Gasteiger partial charge is 0.165 e. The Kier molecular flexibility index (Phi) is 4.99. The zero-order valence-corrected chi connectivity index (χ0v) is 20.6. The van der Waals surface area contributed by atoms with E-state index < -0.39 is 5.60 Å². The molecule has 1 saturated carbocycles. The summed E-state index contributed by atoms with van der Waals surface area (Å²) < 4.78 is 13.0. The van der Waals surface area contributed by atoms with Gasteiger partial charge in [-0.25, -0.2) is 0 Å². The van der Waals surface area contributed by atoms with E-state index in [1.54, 1.807) is 13.2 Å². The molecule has 1 aromatic rings. The molecule has 5 heteroatoms. The standard InChI is InChI=1S/C27H41NO4/c1-7-11-26-15-17(25(5,30)24(3,4)8-2)21(31-6)23-27(26)12-13-28-19(26)14-16-9-10-18(29)22(32-23)20(16)27/h9-10,17,19,21,23,28-30H,7-8,11-15H2,1-6H3/t17-,19+,21+,23-,25-,26+,27-/m0/s1. The highest BCUT2D eigenvalue weighted by Gasteiger charge is 2.74. The fourth-order valence-corrected chi connectivity index (χ4v) is 8.25. The minimum atomic E-state index is -0.917. The van der Waals surface area contributed by atoms with Crippen LogP contribution in [-0.4, -0.2) is 47.7 Å². The van der Waals surface area contributed by atoms with Crippen LogP contribution in [0, 0.1) is 16.7 Å². The lowest BCUT2D eigenvalue weighted by Gasteiger charge is -2.68. The van der Waals surface area contributed by atoms with Crippen molar-refractivity contribution in [1.29, 1.82) is 0 Å². The highest BCUT2D eigenvalue weighted by molar-refractivity contribution is 5.62. The quantitative estimate of drug-likeness (QED) is 0.611. The largest absolute Gasteiger partial charge is 0.504 e. The molecule has 4 aliphatic rings. The average Bonchev–Trinajstić information content (AvgIpc) is 3.09. The molecule has 5 nitrogen and oxygen atoms in total. The van der Waals surface area contributed by atoms with Gasteiger partial charge in [0, 0.05) is 30.0 Å². The van der Waals surface area contributed by atoms with Gasteiger partial charge in [0.15, 0.2) is 11.5 Å². The summed E-state index contributed by atoms with van der Waals surface area (Å²) >= 11 is 0. The molecule has 32 heavy (non-hydrogen) atoms. The zero-order chi connectivity index (χ0) is 23.1. The summed E-state index contributed by atoms with van der Waals surface area (Å²) in [4.78, 5) is 0. The van der Waals surface area contributed by atoms with Gasteiger partial charge in [0.1, 0.15) is 12.2 Å². The molecule has 1 saturated heterocycles. The Balaban J connectivity index is 1.76. The molecule has 2 aliphatic carbocycles. The second-order valence-electron chi connectivity index (χ2n) is 11.7. The number of phenols is 1. The van der Waals surface area contributed by atoms with Crippen LogP contribution >= 0.6 is 0 Å². The molecule has 2 fully saturated rings. The number of methoxy groups -OCH3 is 1. The molecule has 5 rings (SSSR count). The van der Waals surface area contributed by atoms with E-state index in [0.29, 0.717) is 11.8 Å². The summed E-state index contributed by atoms with van der Waals surface area (Å²) in [5.41, 5.74) is 1.14. The molecule has 2 bridgehead atoms. The summed E-state index contributed by atoms with van der Waals surface area (Å²) in [6.45, 7) is 11.7. The summed E-state index contributed by atoms with van der Waals surface area (Å²) in [6, 6.07) is 4.23. The molecule has 3 N–H and O–H groups in total. The fourth-order valence-electron chi connectivity index (χ4n) is 8.25. The average molecular weight is 444 g/mol. The molecule has 1 aromatic carbocycles. The predicted octanol–water partition coefficient (Wildman–Crippen LogP) is 4.32. The Morgan fingerprint density at radius 2 is 2.00 bits per heavy atom. The van der Waals surface area contributed by atoms with Gasteiger partial charge in [-0.3, -0.25) is 0 Å². The second-order valence-corrected chi connectivity index (χ2v) is 11.7. The van der Waals surface area contributed by atoms with E-state index in [0.717, 1.165) is 45.1 Å². The van der Waals surface area contributed by atoms with Crippen LogP contribution in [-0.2, 0) is 16.6 Å². The third-order valence-electron chi connectivity index (χ3n) is 10.5. The lowest BCUT2D eigenvalue weighted by molar-refractivity contribution is -0.227. The number of nitrogens with one attached hydrogen (secondary N) is 1. The van der Waals surface area contributed by atoms with Crippen molar-refractivity contribution >= 4 is 0 Å². The Bertz CT molecular complexity index is 911. The fraction of sp³-hybridized carbons (Fsp3) is 0.778. The monoisotopic (exact) mass is 443 g/mol.